The molecule has 0 bridgehead atoms. The Morgan fingerprint density at radius 3 is 1.70 bits per heavy atom. The lowest BCUT2D eigenvalue weighted by molar-refractivity contribution is 0.0483. The highest BCUT2D eigenvalue weighted by molar-refractivity contribution is 4.66. The number of hydrogen-bond donors (Lipinski definition) is 0. The second-order valence-corrected chi connectivity index (χ2v) is 5.31. The molecule has 0 aromatic heterocycles. The summed E-state index contributed by atoms with van der Waals surface area (Å²) in [6, 6.07) is 2.05. The Morgan fingerprint density at radius 2 is 1.15 bits per heavy atom. The lowest BCUT2D eigenvalue weighted by atomic mass is 10.1. The first-order chi connectivity index (χ1) is 9.91. The van der Waals surface area contributed by atoms with Crippen molar-refractivity contribution in [2.75, 3.05) is 26.4 Å². The first-order valence-corrected chi connectivity index (χ1v) is 8.44. The molecule has 118 valence electrons. The van der Waals surface area contributed by atoms with Gasteiger partial charge in [-0.1, -0.05) is 64.7 Å². The van der Waals surface area contributed by atoms with E-state index in [9.17, 15) is 0 Å². The molecule has 0 aliphatic rings. The Labute approximate surface area is 125 Å². The summed E-state index contributed by atoms with van der Waals surface area (Å²) >= 11 is 0. The number of nitrogens with zero attached hydrogens (tertiary/aromatic N) is 1. The zero-order chi connectivity index (χ0) is 14.7. The quantitative estimate of drug-likeness (QED) is 0.380. The van der Waals surface area contributed by atoms with Crippen molar-refractivity contribution in [1.82, 2.24) is 0 Å². The molecule has 20 heavy (non-hydrogen) atoms. The van der Waals surface area contributed by atoms with E-state index in [1.54, 1.807) is 0 Å². The zero-order valence-electron chi connectivity index (χ0n) is 13.4. The summed E-state index contributed by atoms with van der Waals surface area (Å²) in [5, 5.41) is 8.32. The van der Waals surface area contributed by atoms with Crippen molar-refractivity contribution in [2.24, 2.45) is 0 Å². The van der Waals surface area contributed by atoms with E-state index in [1.807, 2.05) is 0 Å². The summed E-state index contributed by atoms with van der Waals surface area (Å²) in [7, 11) is 0. The van der Waals surface area contributed by atoms with Crippen LogP contribution in [0.1, 0.15) is 77.6 Å². The SMILES string of the molecule is CCCCCCCCCCCCOCCOCCC#N. The summed E-state index contributed by atoms with van der Waals surface area (Å²) in [4.78, 5) is 0. The van der Waals surface area contributed by atoms with Crippen molar-refractivity contribution >= 4 is 0 Å². The van der Waals surface area contributed by atoms with E-state index in [-0.39, 0.29) is 0 Å². The molecule has 0 rings (SSSR count). The fourth-order valence-electron chi connectivity index (χ4n) is 2.13. The van der Waals surface area contributed by atoms with Gasteiger partial charge < -0.3 is 9.47 Å². The van der Waals surface area contributed by atoms with Crippen LogP contribution in [0, 0.1) is 11.3 Å². The van der Waals surface area contributed by atoms with Gasteiger partial charge in [-0.05, 0) is 6.42 Å². The lowest BCUT2D eigenvalue weighted by Gasteiger charge is -2.05. The maximum atomic E-state index is 8.32. The van der Waals surface area contributed by atoms with Crippen LogP contribution in [0.15, 0.2) is 0 Å². The third-order valence-electron chi connectivity index (χ3n) is 3.37. The van der Waals surface area contributed by atoms with Gasteiger partial charge in [0.25, 0.3) is 0 Å². The van der Waals surface area contributed by atoms with Crippen LogP contribution < -0.4 is 0 Å². The summed E-state index contributed by atoms with van der Waals surface area (Å²) < 4.78 is 10.7. The van der Waals surface area contributed by atoms with E-state index in [4.69, 9.17) is 14.7 Å². The summed E-state index contributed by atoms with van der Waals surface area (Å²) in [6.45, 7) is 4.90. The first-order valence-electron chi connectivity index (χ1n) is 8.44. The van der Waals surface area contributed by atoms with Crippen molar-refractivity contribution in [1.29, 1.82) is 5.26 Å². The fraction of sp³-hybridized carbons (Fsp3) is 0.941. The molecule has 0 heterocycles. The van der Waals surface area contributed by atoms with Gasteiger partial charge in [-0.25, -0.2) is 0 Å². The van der Waals surface area contributed by atoms with Crippen LogP contribution in [0.5, 0.6) is 0 Å². The predicted molar refractivity (Wildman–Crippen MR) is 83.7 cm³/mol. The average molecular weight is 283 g/mol. The number of nitriles is 1. The molecule has 0 radical (unpaired) electrons. The molecule has 0 saturated carbocycles. The van der Waals surface area contributed by atoms with E-state index >= 15 is 0 Å². The normalized spacial score (nSPS) is 10.6. The highest BCUT2D eigenvalue weighted by atomic mass is 16.5. The van der Waals surface area contributed by atoms with Crippen LogP contribution in [-0.4, -0.2) is 26.4 Å². The van der Waals surface area contributed by atoms with Gasteiger partial charge in [0.1, 0.15) is 0 Å². The van der Waals surface area contributed by atoms with Crippen LogP contribution >= 0.6 is 0 Å². The molecule has 3 nitrogen and oxygen atoms in total. The lowest BCUT2D eigenvalue weighted by Crippen LogP contribution is -2.05. The molecule has 0 atom stereocenters. The zero-order valence-corrected chi connectivity index (χ0v) is 13.4. The fourth-order valence-corrected chi connectivity index (χ4v) is 2.13. The Kier molecular flexibility index (Phi) is 17.9. The van der Waals surface area contributed by atoms with Crippen LogP contribution in [0.25, 0.3) is 0 Å². The molecule has 3 heteroatoms. The molecule has 0 saturated heterocycles. The monoisotopic (exact) mass is 283 g/mol. The number of hydrogen-bond acceptors (Lipinski definition) is 3. The maximum absolute atomic E-state index is 8.32. The first kappa shape index (κ1) is 19.4. The minimum atomic E-state index is 0.471. The molecule has 0 aliphatic carbocycles. The second kappa shape index (κ2) is 18.4. The van der Waals surface area contributed by atoms with Gasteiger partial charge in [-0.15, -0.1) is 0 Å². The number of ether oxygens (including phenoxy) is 2. The Balaban J connectivity index is 2.91. The molecular formula is C17H33NO2. The van der Waals surface area contributed by atoms with Crippen LogP contribution in [0.4, 0.5) is 0 Å². The molecule has 0 unspecified atom stereocenters. The minimum absolute atomic E-state index is 0.471. The molecular weight excluding hydrogens is 250 g/mol. The second-order valence-electron chi connectivity index (χ2n) is 5.31. The molecule has 0 aromatic rings. The summed E-state index contributed by atoms with van der Waals surface area (Å²) in [5.41, 5.74) is 0. The standard InChI is InChI=1S/C17H33NO2/c1-2-3-4-5-6-7-8-9-10-11-14-19-16-17-20-15-12-13-18/h2-12,14-17H2,1H3. The third kappa shape index (κ3) is 17.4. The highest BCUT2D eigenvalue weighted by Crippen LogP contribution is 2.10. The van der Waals surface area contributed by atoms with E-state index in [1.165, 1.54) is 57.8 Å². The van der Waals surface area contributed by atoms with Crippen LogP contribution in [0.3, 0.4) is 0 Å². The van der Waals surface area contributed by atoms with Crippen molar-refractivity contribution in [3.8, 4) is 6.07 Å². The minimum Gasteiger partial charge on any atom is -0.379 e. The Hall–Kier alpha value is -0.590. The molecule has 0 aliphatic heterocycles. The maximum Gasteiger partial charge on any atom is 0.0700 e. The van der Waals surface area contributed by atoms with Gasteiger partial charge in [0.15, 0.2) is 0 Å². The van der Waals surface area contributed by atoms with Crippen LogP contribution in [0.2, 0.25) is 0 Å². The van der Waals surface area contributed by atoms with E-state index < -0.39 is 0 Å². The van der Waals surface area contributed by atoms with Gasteiger partial charge in [0.05, 0.1) is 32.3 Å². The summed E-state index contributed by atoms with van der Waals surface area (Å²) in [5.74, 6) is 0. The van der Waals surface area contributed by atoms with Gasteiger partial charge in [0, 0.05) is 6.61 Å². The van der Waals surface area contributed by atoms with Crippen molar-refractivity contribution in [2.45, 2.75) is 77.6 Å². The topological polar surface area (TPSA) is 42.2 Å². The Morgan fingerprint density at radius 1 is 0.650 bits per heavy atom. The highest BCUT2D eigenvalue weighted by Gasteiger charge is 1.93. The molecule has 0 aromatic carbocycles. The molecule has 0 N–H and O–H groups in total. The number of unbranched alkanes of at least 4 members (excludes halogenated alkanes) is 9. The van der Waals surface area contributed by atoms with Crippen molar-refractivity contribution in [3.05, 3.63) is 0 Å². The van der Waals surface area contributed by atoms with Gasteiger partial charge in [0.2, 0.25) is 0 Å². The Bertz CT molecular complexity index is 214. The van der Waals surface area contributed by atoms with Gasteiger partial charge in [-0.2, -0.15) is 5.26 Å². The largest absolute Gasteiger partial charge is 0.379 e. The van der Waals surface area contributed by atoms with Gasteiger partial charge >= 0.3 is 0 Å². The average Bonchev–Trinajstić information content (AvgIpc) is 2.47. The van der Waals surface area contributed by atoms with E-state index in [0.717, 1.165) is 13.0 Å². The van der Waals surface area contributed by atoms with Gasteiger partial charge in [-0.3, -0.25) is 0 Å². The van der Waals surface area contributed by atoms with Crippen LogP contribution in [-0.2, 0) is 9.47 Å². The van der Waals surface area contributed by atoms with Crippen molar-refractivity contribution < 1.29 is 9.47 Å². The predicted octanol–water partition coefficient (Wildman–Crippen LogP) is 4.85. The smallest absolute Gasteiger partial charge is 0.0700 e. The number of rotatable bonds is 16. The molecule has 0 amide bonds. The molecule has 0 fully saturated rings. The van der Waals surface area contributed by atoms with E-state index in [2.05, 4.69) is 13.0 Å². The summed E-state index contributed by atoms with van der Waals surface area (Å²) in [6.07, 6.45) is 14.0. The van der Waals surface area contributed by atoms with Crippen molar-refractivity contribution in [3.63, 3.8) is 0 Å². The van der Waals surface area contributed by atoms with E-state index in [0.29, 0.717) is 26.2 Å². The molecule has 0 spiro atoms. The third-order valence-corrected chi connectivity index (χ3v) is 3.37.